The Balaban J connectivity index is 1.78. The number of hydrogen-bond acceptors (Lipinski definition) is 6. The number of imidazole rings is 1. The van der Waals surface area contributed by atoms with Crippen molar-refractivity contribution in [1.29, 1.82) is 0 Å². The van der Waals surface area contributed by atoms with E-state index < -0.39 is 47.5 Å². The molecule has 0 aliphatic heterocycles. The molecule has 1 amide bonds. The first-order chi connectivity index (χ1) is 20.0. The average Bonchev–Trinajstić information content (AvgIpc) is 3.42. The van der Waals surface area contributed by atoms with E-state index in [1.165, 1.54) is 0 Å². The largest absolute Gasteiger partial charge is 0.480 e. The van der Waals surface area contributed by atoms with Crippen molar-refractivity contribution in [2.45, 2.75) is 56.8 Å². The number of carboxylic acid groups (broad SMARTS) is 1. The number of ether oxygens (including phenoxy) is 1. The third-order valence-electron chi connectivity index (χ3n) is 6.83. The number of rotatable bonds is 11. The number of ketones is 1. The number of nitrogens with two attached hydrogens (primary N) is 1. The molecular formula is C33H36N4O5. The molecule has 0 saturated heterocycles. The molecule has 0 bridgehead atoms. The van der Waals surface area contributed by atoms with E-state index in [1.54, 1.807) is 27.1 Å². The summed E-state index contributed by atoms with van der Waals surface area (Å²) in [6.07, 6.45) is 2.31. The van der Waals surface area contributed by atoms with E-state index >= 15 is 0 Å². The van der Waals surface area contributed by atoms with Gasteiger partial charge in [0.05, 0.1) is 18.1 Å². The molecule has 4 aromatic rings. The molecule has 4 N–H and O–H groups in total. The van der Waals surface area contributed by atoms with Crippen LogP contribution in [0.3, 0.4) is 0 Å². The van der Waals surface area contributed by atoms with E-state index in [4.69, 9.17) is 10.5 Å². The fraction of sp³-hybridized carbons (Fsp3) is 0.273. The normalized spacial score (nSPS) is 13.1. The molecule has 1 aromatic heterocycles. The summed E-state index contributed by atoms with van der Waals surface area (Å²) >= 11 is 0. The maximum atomic E-state index is 13.2. The second kappa shape index (κ2) is 12.8. The van der Waals surface area contributed by atoms with Crippen molar-refractivity contribution < 1.29 is 24.2 Å². The Morgan fingerprint density at radius 3 is 1.79 bits per heavy atom. The van der Waals surface area contributed by atoms with Gasteiger partial charge >= 0.3 is 12.1 Å². The zero-order valence-corrected chi connectivity index (χ0v) is 23.9. The van der Waals surface area contributed by atoms with Crippen molar-refractivity contribution in [2.75, 3.05) is 0 Å². The number of amides is 1. The van der Waals surface area contributed by atoms with Gasteiger partial charge in [0.1, 0.15) is 17.2 Å². The minimum Gasteiger partial charge on any atom is -0.480 e. The lowest BCUT2D eigenvalue weighted by Crippen LogP contribution is -2.47. The van der Waals surface area contributed by atoms with Crippen molar-refractivity contribution in [3.05, 3.63) is 126 Å². The van der Waals surface area contributed by atoms with Gasteiger partial charge in [0.15, 0.2) is 5.78 Å². The highest BCUT2D eigenvalue weighted by atomic mass is 16.6. The molecule has 218 valence electrons. The SMILES string of the molecule is CC(C)(C)OC(=O)NC(Cc1cn(C(c2ccccc2)(c2ccccc2)c2ccccc2)cn1)C(=O)CC(N)C(=O)O. The Labute approximate surface area is 245 Å². The molecule has 0 radical (unpaired) electrons. The summed E-state index contributed by atoms with van der Waals surface area (Å²) in [4.78, 5) is 41.8. The van der Waals surface area contributed by atoms with Crippen molar-refractivity contribution in [3.63, 3.8) is 0 Å². The summed E-state index contributed by atoms with van der Waals surface area (Å²) in [6, 6.07) is 27.6. The molecule has 0 spiro atoms. The Kier molecular flexibility index (Phi) is 9.22. The molecule has 42 heavy (non-hydrogen) atoms. The maximum Gasteiger partial charge on any atom is 0.408 e. The van der Waals surface area contributed by atoms with Crippen LogP contribution < -0.4 is 11.1 Å². The molecule has 0 saturated carbocycles. The van der Waals surface area contributed by atoms with Gasteiger partial charge in [-0.15, -0.1) is 0 Å². The van der Waals surface area contributed by atoms with E-state index in [0.29, 0.717) is 5.69 Å². The van der Waals surface area contributed by atoms with Crippen LogP contribution in [0.25, 0.3) is 0 Å². The van der Waals surface area contributed by atoms with Gasteiger partial charge in [-0.25, -0.2) is 9.78 Å². The molecule has 1 heterocycles. The summed E-state index contributed by atoms with van der Waals surface area (Å²) in [5.41, 5.74) is 7.56. The fourth-order valence-corrected chi connectivity index (χ4v) is 4.99. The van der Waals surface area contributed by atoms with Crippen molar-refractivity contribution in [1.82, 2.24) is 14.9 Å². The van der Waals surface area contributed by atoms with Crippen LogP contribution in [0, 0.1) is 0 Å². The minimum absolute atomic E-state index is 0.00582. The van der Waals surface area contributed by atoms with Gasteiger partial charge in [0.2, 0.25) is 0 Å². The van der Waals surface area contributed by atoms with Crippen molar-refractivity contribution in [2.24, 2.45) is 5.73 Å². The molecule has 9 nitrogen and oxygen atoms in total. The number of carboxylic acids is 1. The number of carbonyl (C=O) groups excluding carboxylic acids is 2. The fourth-order valence-electron chi connectivity index (χ4n) is 4.99. The highest BCUT2D eigenvalue weighted by molar-refractivity contribution is 5.91. The quantitative estimate of drug-likeness (QED) is 0.226. The van der Waals surface area contributed by atoms with Crippen LogP contribution in [0.1, 0.15) is 49.6 Å². The number of carbonyl (C=O) groups is 3. The summed E-state index contributed by atoms with van der Waals surface area (Å²) in [5, 5.41) is 11.9. The zero-order chi connectivity index (χ0) is 30.3. The van der Waals surface area contributed by atoms with Gasteiger partial charge in [-0.3, -0.25) is 9.59 Å². The number of benzene rings is 3. The molecule has 4 rings (SSSR count). The number of Topliss-reactive ketones (excluding diaryl/α,β-unsaturated/α-hetero) is 1. The van der Waals surface area contributed by atoms with E-state index in [0.717, 1.165) is 16.7 Å². The van der Waals surface area contributed by atoms with Crippen LogP contribution in [0.15, 0.2) is 104 Å². The molecule has 2 atom stereocenters. The zero-order valence-electron chi connectivity index (χ0n) is 23.9. The smallest absolute Gasteiger partial charge is 0.408 e. The number of nitrogens with zero attached hydrogens (tertiary/aromatic N) is 2. The first kappa shape index (κ1) is 30.2. The minimum atomic E-state index is -1.40. The maximum absolute atomic E-state index is 13.2. The van der Waals surface area contributed by atoms with Crippen LogP contribution >= 0.6 is 0 Å². The Hall–Kier alpha value is -4.76. The first-order valence-corrected chi connectivity index (χ1v) is 13.7. The average molecular weight is 569 g/mol. The molecule has 3 aromatic carbocycles. The second-order valence-electron chi connectivity index (χ2n) is 11.1. The summed E-state index contributed by atoms with van der Waals surface area (Å²) in [7, 11) is 0. The van der Waals surface area contributed by atoms with E-state index in [9.17, 15) is 19.5 Å². The number of hydrogen-bond donors (Lipinski definition) is 3. The van der Waals surface area contributed by atoms with Gasteiger partial charge in [-0.05, 0) is 37.5 Å². The number of nitrogens with one attached hydrogen (secondary N) is 1. The highest BCUT2D eigenvalue weighted by Gasteiger charge is 2.38. The summed E-state index contributed by atoms with van der Waals surface area (Å²) < 4.78 is 7.37. The molecule has 0 aliphatic rings. The van der Waals surface area contributed by atoms with E-state index in [-0.39, 0.29) is 6.42 Å². The van der Waals surface area contributed by atoms with Gasteiger partial charge in [0.25, 0.3) is 0 Å². The van der Waals surface area contributed by atoms with Gasteiger partial charge in [-0.2, -0.15) is 0 Å². The molecule has 0 aliphatic carbocycles. The summed E-state index contributed by atoms with van der Waals surface area (Å²) in [6.45, 7) is 5.13. The van der Waals surface area contributed by atoms with Crippen LogP contribution in [-0.4, -0.2) is 50.2 Å². The van der Waals surface area contributed by atoms with Crippen LogP contribution in [0.2, 0.25) is 0 Å². The molecular weight excluding hydrogens is 532 g/mol. The highest BCUT2D eigenvalue weighted by Crippen LogP contribution is 2.40. The Morgan fingerprint density at radius 2 is 1.36 bits per heavy atom. The van der Waals surface area contributed by atoms with Crippen LogP contribution in [-0.2, 0) is 26.3 Å². The lowest BCUT2D eigenvalue weighted by Gasteiger charge is -2.37. The number of alkyl carbamates (subject to hydrolysis) is 1. The Bertz CT molecular complexity index is 1400. The second-order valence-corrected chi connectivity index (χ2v) is 11.1. The predicted octanol–water partition coefficient (Wildman–Crippen LogP) is 4.53. The topological polar surface area (TPSA) is 137 Å². The van der Waals surface area contributed by atoms with E-state index in [1.807, 2.05) is 65.4 Å². The standard InChI is InChI=1S/C33H36N4O5/c1-32(2,3)42-31(41)36-28(29(38)20-27(34)30(39)40)19-26-21-37(22-35-26)33(23-13-7-4-8-14-23,24-15-9-5-10-16-24)25-17-11-6-12-18-25/h4-18,21-22,27-28H,19-20,34H2,1-3H3,(H,36,41)(H,39,40). The third kappa shape index (κ3) is 6.92. The van der Waals surface area contributed by atoms with Gasteiger partial charge < -0.3 is 25.5 Å². The van der Waals surface area contributed by atoms with Crippen LogP contribution in [0.5, 0.6) is 0 Å². The Morgan fingerprint density at radius 1 is 0.881 bits per heavy atom. The molecule has 0 fully saturated rings. The van der Waals surface area contributed by atoms with Crippen LogP contribution in [0.4, 0.5) is 4.79 Å². The van der Waals surface area contributed by atoms with Gasteiger partial charge in [0, 0.05) is 19.0 Å². The molecule has 2 unspecified atom stereocenters. The molecule has 9 heteroatoms. The van der Waals surface area contributed by atoms with E-state index in [2.05, 4.69) is 46.7 Å². The number of aromatic nitrogens is 2. The van der Waals surface area contributed by atoms with Crippen molar-refractivity contribution >= 4 is 17.8 Å². The van der Waals surface area contributed by atoms with Gasteiger partial charge in [-0.1, -0.05) is 91.0 Å². The monoisotopic (exact) mass is 568 g/mol. The number of aliphatic carboxylic acids is 1. The predicted molar refractivity (Wildman–Crippen MR) is 159 cm³/mol. The third-order valence-corrected chi connectivity index (χ3v) is 6.83. The first-order valence-electron chi connectivity index (χ1n) is 13.7. The lowest BCUT2D eigenvalue weighted by molar-refractivity contribution is -0.140. The summed E-state index contributed by atoms with van der Waals surface area (Å²) in [5.74, 6) is -1.84. The van der Waals surface area contributed by atoms with Crippen molar-refractivity contribution in [3.8, 4) is 0 Å². The lowest BCUT2D eigenvalue weighted by atomic mass is 9.77.